The minimum Gasteiger partial charge on any atom is -0.366 e. The Bertz CT molecular complexity index is 913. The molecule has 0 atom stereocenters. The van der Waals surface area contributed by atoms with Crippen molar-refractivity contribution in [3.63, 3.8) is 0 Å². The zero-order valence-electron chi connectivity index (χ0n) is 17.9. The number of benzene rings is 2. The summed E-state index contributed by atoms with van der Waals surface area (Å²) in [6.07, 6.45) is 0. The summed E-state index contributed by atoms with van der Waals surface area (Å²) in [6.45, 7) is 3.00. The normalized spacial score (nSPS) is 14.2. The zero-order chi connectivity index (χ0) is 21.7. The largest absolute Gasteiger partial charge is 0.366 e. The third kappa shape index (κ3) is 6.28. The van der Waals surface area contributed by atoms with Crippen molar-refractivity contribution in [2.24, 2.45) is 4.99 Å². The van der Waals surface area contributed by atoms with Gasteiger partial charge in [-0.3, -0.25) is 9.79 Å². The van der Waals surface area contributed by atoms with Gasteiger partial charge in [-0.2, -0.15) is 0 Å². The van der Waals surface area contributed by atoms with Crippen LogP contribution in [-0.4, -0.2) is 69.0 Å². The molecule has 0 bridgehead atoms. The number of piperazine rings is 1. The van der Waals surface area contributed by atoms with Gasteiger partial charge in [-0.15, -0.1) is 24.0 Å². The van der Waals surface area contributed by atoms with Crippen LogP contribution in [0.1, 0.15) is 15.9 Å². The summed E-state index contributed by atoms with van der Waals surface area (Å²) in [7, 11) is 5.17. The molecule has 2 aromatic carbocycles. The Morgan fingerprint density at radius 2 is 1.71 bits per heavy atom. The zero-order valence-corrected chi connectivity index (χ0v) is 20.3. The number of halogens is 3. The van der Waals surface area contributed by atoms with Crippen LogP contribution in [0.5, 0.6) is 0 Å². The topological polar surface area (TPSA) is 51.2 Å². The molecule has 1 saturated heterocycles. The van der Waals surface area contributed by atoms with E-state index in [1.54, 1.807) is 26.0 Å². The van der Waals surface area contributed by atoms with Crippen molar-refractivity contribution in [1.82, 2.24) is 15.1 Å². The number of anilines is 1. The second-order valence-electron chi connectivity index (χ2n) is 7.37. The van der Waals surface area contributed by atoms with E-state index in [2.05, 4.69) is 15.2 Å². The number of guanidine groups is 1. The lowest BCUT2D eigenvalue weighted by atomic mass is 10.1. The van der Waals surface area contributed by atoms with Crippen molar-refractivity contribution in [3.8, 4) is 0 Å². The third-order valence-electron chi connectivity index (χ3n) is 5.10. The Hall–Kier alpha value is -2.43. The molecule has 6 nitrogen and oxygen atoms in total. The lowest BCUT2D eigenvalue weighted by molar-refractivity contribution is 0.0827. The summed E-state index contributed by atoms with van der Waals surface area (Å²) in [5.74, 6) is -0.131. The van der Waals surface area contributed by atoms with Crippen molar-refractivity contribution in [3.05, 3.63) is 65.2 Å². The second-order valence-corrected chi connectivity index (χ2v) is 7.37. The number of hydrogen-bond acceptors (Lipinski definition) is 3. The Kier molecular flexibility index (Phi) is 9.02. The molecule has 0 aliphatic carbocycles. The molecule has 31 heavy (non-hydrogen) atoms. The Labute approximate surface area is 198 Å². The highest BCUT2D eigenvalue weighted by molar-refractivity contribution is 14.0. The first kappa shape index (κ1) is 24.8. The quantitative estimate of drug-likeness (QED) is 0.366. The van der Waals surface area contributed by atoms with Crippen LogP contribution in [0, 0.1) is 11.6 Å². The molecule has 0 aromatic heterocycles. The predicted octanol–water partition coefficient (Wildman–Crippen LogP) is 3.18. The van der Waals surface area contributed by atoms with Crippen LogP contribution in [0.2, 0.25) is 0 Å². The lowest BCUT2D eigenvalue weighted by Crippen LogP contribution is -2.52. The van der Waals surface area contributed by atoms with Gasteiger partial charge in [0.2, 0.25) is 0 Å². The fourth-order valence-corrected chi connectivity index (χ4v) is 3.42. The first-order valence-electron chi connectivity index (χ1n) is 9.85. The van der Waals surface area contributed by atoms with Gasteiger partial charge in [0.05, 0.1) is 5.69 Å². The summed E-state index contributed by atoms with van der Waals surface area (Å²) in [6, 6.07) is 11.0. The maximum atomic E-state index is 14.0. The average molecular weight is 543 g/mol. The molecule has 0 saturated carbocycles. The number of rotatable bonds is 4. The molecule has 3 rings (SSSR count). The van der Waals surface area contributed by atoms with Crippen LogP contribution in [0.15, 0.2) is 47.5 Å². The first-order valence-corrected chi connectivity index (χ1v) is 9.85. The third-order valence-corrected chi connectivity index (χ3v) is 5.10. The van der Waals surface area contributed by atoms with Gasteiger partial charge >= 0.3 is 0 Å². The van der Waals surface area contributed by atoms with Crippen LogP contribution < -0.4 is 10.2 Å². The lowest BCUT2D eigenvalue weighted by Gasteiger charge is -2.37. The maximum Gasteiger partial charge on any atom is 0.253 e. The number of nitrogens with zero attached hydrogens (tertiary/aromatic N) is 4. The summed E-state index contributed by atoms with van der Waals surface area (Å²) < 4.78 is 27.5. The van der Waals surface area contributed by atoms with Crippen molar-refractivity contribution < 1.29 is 13.6 Å². The minimum atomic E-state index is -0.440. The van der Waals surface area contributed by atoms with E-state index in [0.29, 0.717) is 44.0 Å². The molecule has 2 aromatic rings. The molecule has 1 aliphatic heterocycles. The Balaban J connectivity index is 0.00000341. The second kappa shape index (κ2) is 11.3. The number of nitrogens with one attached hydrogen (secondary N) is 1. The van der Waals surface area contributed by atoms with E-state index in [9.17, 15) is 13.6 Å². The van der Waals surface area contributed by atoms with E-state index in [1.165, 1.54) is 6.07 Å². The summed E-state index contributed by atoms with van der Waals surface area (Å²) in [4.78, 5) is 21.8. The van der Waals surface area contributed by atoms with Crippen molar-refractivity contribution in [1.29, 1.82) is 0 Å². The molecule has 0 radical (unpaired) electrons. The number of carbonyl (C=O) groups is 1. The summed E-state index contributed by atoms with van der Waals surface area (Å²) in [5.41, 5.74) is 1.98. The van der Waals surface area contributed by atoms with Gasteiger partial charge < -0.3 is 20.0 Å². The molecule has 0 spiro atoms. The molecule has 9 heteroatoms. The standard InChI is InChI=1S/C22H27F2N5O.HI/c1-25-22(26-15-16-4-6-17(7-5-16)21(30)27(2)3)29-12-10-28(11-13-29)20-14-18(23)8-9-19(20)24;/h4-9,14H,10-13,15H2,1-3H3,(H,25,26);1H. The molecule has 1 aliphatic rings. The van der Waals surface area contributed by atoms with Gasteiger partial charge in [0.25, 0.3) is 5.91 Å². The van der Waals surface area contributed by atoms with Gasteiger partial charge in [-0.1, -0.05) is 12.1 Å². The molecular formula is C22H28F2IN5O. The highest BCUT2D eigenvalue weighted by Gasteiger charge is 2.22. The first-order chi connectivity index (χ1) is 14.4. The van der Waals surface area contributed by atoms with Crippen LogP contribution in [-0.2, 0) is 6.54 Å². The van der Waals surface area contributed by atoms with Gasteiger partial charge in [0, 0.05) is 65.5 Å². The molecule has 1 N–H and O–H groups in total. The van der Waals surface area contributed by atoms with E-state index in [-0.39, 0.29) is 29.9 Å². The summed E-state index contributed by atoms with van der Waals surface area (Å²) >= 11 is 0. The van der Waals surface area contributed by atoms with Crippen molar-refractivity contribution >= 4 is 41.5 Å². The highest BCUT2D eigenvalue weighted by atomic mass is 127. The SMILES string of the molecule is CN=C(NCc1ccc(C(=O)N(C)C)cc1)N1CCN(c2cc(F)ccc2F)CC1.I. The highest BCUT2D eigenvalue weighted by Crippen LogP contribution is 2.22. The minimum absolute atomic E-state index is 0. The van der Waals surface area contributed by atoms with Crippen molar-refractivity contribution in [2.45, 2.75) is 6.54 Å². The molecule has 1 fully saturated rings. The van der Waals surface area contributed by atoms with E-state index in [4.69, 9.17) is 0 Å². The fourth-order valence-electron chi connectivity index (χ4n) is 3.42. The van der Waals surface area contributed by atoms with Gasteiger partial charge in [-0.05, 0) is 29.8 Å². The van der Waals surface area contributed by atoms with Crippen LogP contribution in [0.25, 0.3) is 0 Å². The molecule has 168 valence electrons. The van der Waals surface area contributed by atoms with Gasteiger partial charge in [0.1, 0.15) is 11.6 Å². The van der Waals surface area contributed by atoms with Crippen LogP contribution >= 0.6 is 24.0 Å². The van der Waals surface area contributed by atoms with Gasteiger partial charge in [-0.25, -0.2) is 8.78 Å². The number of hydrogen-bond donors (Lipinski definition) is 1. The fraction of sp³-hybridized carbons (Fsp3) is 0.364. The molecule has 0 unspecified atom stereocenters. The van der Waals surface area contributed by atoms with Crippen LogP contribution in [0.3, 0.4) is 0 Å². The van der Waals surface area contributed by atoms with Crippen molar-refractivity contribution in [2.75, 3.05) is 52.2 Å². The van der Waals surface area contributed by atoms with Gasteiger partial charge in [0.15, 0.2) is 5.96 Å². The number of aliphatic imine (C=N–C) groups is 1. The smallest absolute Gasteiger partial charge is 0.253 e. The van der Waals surface area contributed by atoms with E-state index in [1.807, 2.05) is 29.2 Å². The monoisotopic (exact) mass is 543 g/mol. The molecular weight excluding hydrogens is 515 g/mol. The van der Waals surface area contributed by atoms with Crippen LogP contribution in [0.4, 0.5) is 14.5 Å². The Morgan fingerprint density at radius 1 is 1.06 bits per heavy atom. The molecule has 1 heterocycles. The van der Waals surface area contributed by atoms with E-state index < -0.39 is 11.6 Å². The van der Waals surface area contributed by atoms with E-state index >= 15 is 0 Å². The maximum absolute atomic E-state index is 14.0. The average Bonchev–Trinajstić information content (AvgIpc) is 2.76. The molecule has 1 amide bonds. The van der Waals surface area contributed by atoms with E-state index in [0.717, 1.165) is 23.7 Å². The number of amides is 1. The number of carbonyl (C=O) groups excluding carboxylic acids is 1. The Morgan fingerprint density at radius 3 is 2.29 bits per heavy atom. The summed E-state index contributed by atoms with van der Waals surface area (Å²) in [5, 5.41) is 3.33. The predicted molar refractivity (Wildman–Crippen MR) is 130 cm³/mol.